The minimum Gasteiger partial charge on any atom is -0.457 e. The Bertz CT molecular complexity index is 669. The molecule has 0 bridgehead atoms. The molecule has 0 radical (unpaired) electrons. The molecule has 1 heterocycles. The molecule has 0 aromatic heterocycles. The highest BCUT2D eigenvalue weighted by molar-refractivity contribution is 5.97. The molecule has 0 saturated carbocycles. The van der Waals surface area contributed by atoms with Crippen LogP contribution in [0.4, 0.5) is 0 Å². The van der Waals surface area contributed by atoms with Gasteiger partial charge in [-0.25, -0.2) is 0 Å². The Kier molecular flexibility index (Phi) is 4.63. The highest BCUT2D eigenvalue weighted by Crippen LogP contribution is 2.28. The van der Waals surface area contributed by atoms with Crippen molar-refractivity contribution in [3.8, 4) is 11.5 Å². The summed E-state index contributed by atoms with van der Waals surface area (Å²) in [5.41, 5.74) is 0.558. The fourth-order valence-corrected chi connectivity index (χ4v) is 2.88. The van der Waals surface area contributed by atoms with Gasteiger partial charge in [0.15, 0.2) is 0 Å². The maximum Gasteiger partial charge on any atom is 0.257 e. The van der Waals surface area contributed by atoms with E-state index < -0.39 is 0 Å². The lowest BCUT2D eigenvalue weighted by atomic mass is 10.0. The van der Waals surface area contributed by atoms with Gasteiger partial charge in [-0.05, 0) is 37.6 Å². The van der Waals surface area contributed by atoms with Crippen LogP contribution < -0.4 is 4.74 Å². The summed E-state index contributed by atoms with van der Waals surface area (Å²) in [7, 11) is 0. The summed E-state index contributed by atoms with van der Waals surface area (Å²) in [4.78, 5) is 14.6. The highest BCUT2D eigenvalue weighted by atomic mass is 16.5. The number of aliphatic hydroxyl groups is 1. The van der Waals surface area contributed by atoms with Crippen molar-refractivity contribution in [3.05, 3.63) is 60.2 Å². The van der Waals surface area contributed by atoms with Gasteiger partial charge in [0.05, 0.1) is 11.7 Å². The minimum absolute atomic E-state index is 0.0420. The molecule has 1 amide bonds. The van der Waals surface area contributed by atoms with Gasteiger partial charge in [-0.3, -0.25) is 4.79 Å². The van der Waals surface area contributed by atoms with Gasteiger partial charge in [0.25, 0.3) is 5.91 Å². The second kappa shape index (κ2) is 6.84. The van der Waals surface area contributed by atoms with Crippen LogP contribution in [0.25, 0.3) is 0 Å². The quantitative estimate of drug-likeness (QED) is 0.942. The fraction of sp³-hybridized carbons (Fsp3) is 0.316. The molecule has 3 rings (SSSR count). The molecule has 1 N–H and O–H groups in total. The lowest BCUT2D eigenvalue weighted by molar-refractivity contribution is 0.0760. The number of rotatable bonds is 4. The maximum atomic E-state index is 12.8. The average molecular weight is 311 g/mol. The van der Waals surface area contributed by atoms with E-state index in [1.54, 1.807) is 17.9 Å². The summed E-state index contributed by atoms with van der Waals surface area (Å²) in [6, 6.07) is 16.7. The van der Waals surface area contributed by atoms with E-state index in [1.165, 1.54) is 0 Å². The number of aliphatic hydroxyl groups excluding tert-OH is 1. The first-order valence-corrected chi connectivity index (χ1v) is 7.94. The Morgan fingerprint density at radius 2 is 1.87 bits per heavy atom. The molecular formula is C19H21NO3. The van der Waals surface area contributed by atoms with Gasteiger partial charge in [0, 0.05) is 19.0 Å². The molecule has 120 valence electrons. The van der Waals surface area contributed by atoms with Crippen molar-refractivity contribution < 1.29 is 14.6 Å². The van der Waals surface area contributed by atoms with Gasteiger partial charge < -0.3 is 14.7 Å². The Labute approximate surface area is 136 Å². The minimum atomic E-state index is -0.386. The normalized spacial score (nSPS) is 18.7. The SMILES string of the molecule is CC(O)C1CCN(C(=O)c2ccccc2Oc2ccccc2)C1. The number of nitrogens with zero attached hydrogens (tertiary/aromatic N) is 1. The maximum absolute atomic E-state index is 12.8. The summed E-state index contributed by atoms with van der Waals surface area (Å²) in [6.07, 6.45) is 0.453. The van der Waals surface area contributed by atoms with E-state index in [0.29, 0.717) is 30.2 Å². The standard InChI is InChI=1S/C19H21NO3/c1-14(21)15-11-12-20(13-15)19(22)17-9-5-6-10-18(17)23-16-7-3-2-4-8-16/h2-10,14-15,21H,11-13H2,1H3. The predicted octanol–water partition coefficient (Wildman–Crippen LogP) is 3.32. The smallest absolute Gasteiger partial charge is 0.257 e. The molecule has 2 aromatic carbocycles. The van der Waals surface area contributed by atoms with Gasteiger partial charge in [-0.1, -0.05) is 30.3 Å². The number of amides is 1. The summed E-state index contributed by atoms with van der Waals surface area (Å²) in [5, 5.41) is 9.71. The van der Waals surface area contributed by atoms with E-state index in [9.17, 15) is 9.90 Å². The Morgan fingerprint density at radius 1 is 1.17 bits per heavy atom. The van der Waals surface area contributed by atoms with E-state index in [1.807, 2.05) is 48.5 Å². The first-order valence-electron chi connectivity index (χ1n) is 7.94. The van der Waals surface area contributed by atoms with Crippen molar-refractivity contribution in [2.45, 2.75) is 19.4 Å². The lowest BCUT2D eigenvalue weighted by Crippen LogP contribution is -2.30. The topological polar surface area (TPSA) is 49.8 Å². The number of para-hydroxylation sites is 2. The third-order valence-corrected chi connectivity index (χ3v) is 4.28. The zero-order valence-electron chi connectivity index (χ0n) is 13.2. The summed E-state index contributed by atoms with van der Waals surface area (Å²) >= 11 is 0. The Morgan fingerprint density at radius 3 is 2.57 bits per heavy atom. The first kappa shape index (κ1) is 15.6. The molecule has 2 aromatic rings. The molecule has 1 aliphatic heterocycles. The van der Waals surface area contributed by atoms with Gasteiger partial charge in [-0.15, -0.1) is 0 Å². The molecule has 2 unspecified atom stereocenters. The van der Waals surface area contributed by atoms with Crippen LogP contribution in [0.15, 0.2) is 54.6 Å². The third kappa shape index (κ3) is 3.54. The van der Waals surface area contributed by atoms with Crippen molar-refractivity contribution in [1.82, 2.24) is 4.90 Å². The van der Waals surface area contributed by atoms with Crippen molar-refractivity contribution in [2.24, 2.45) is 5.92 Å². The van der Waals surface area contributed by atoms with Crippen molar-refractivity contribution in [3.63, 3.8) is 0 Å². The van der Waals surface area contributed by atoms with Gasteiger partial charge in [-0.2, -0.15) is 0 Å². The second-order valence-electron chi connectivity index (χ2n) is 5.95. The number of carbonyl (C=O) groups excluding carboxylic acids is 1. The van der Waals surface area contributed by atoms with Crippen LogP contribution in [-0.2, 0) is 0 Å². The molecule has 0 aliphatic carbocycles. The van der Waals surface area contributed by atoms with Gasteiger partial charge >= 0.3 is 0 Å². The van der Waals surface area contributed by atoms with Crippen molar-refractivity contribution in [1.29, 1.82) is 0 Å². The van der Waals surface area contributed by atoms with Crippen LogP contribution >= 0.6 is 0 Å². The molecule has 4 heteroatoms. The van der Waals surface area contributed by atoms with Crippen LogP contribution in [0.2, 0.25) is 0 Å². The van der Waals surface area contributed by atoms with Gasteiger partial charge in [0.1, 0.15) is 11.5 Å². The monoisotopic (exact) mass is 311 g/mol. The van der Waals surface area contributed by atoms with E-state index in [0.717, 1.165) is 6.42 Å². The summed E-state index contributed by atoms with van der Waals surface area (Å²) in [5.74, 6) is 1.38. The zero-order chi connectivity index (χ0) is 16.2. The zero-order valence-corrected chi connectivity index (χ0v) is 13.2. The van der Waals surface area contributed by atoms with Crippen LogP contribution in [0.3, 0.4) is 0 Å². The van der Waals surface area contributed by atoms with Gasteiger partial charge in [0.2, 0.25) is 0 Å². The van der Waals surface area contributed by atoms with Crippen LogP contribution in [0.5, 0.6) is 11.5 Å². The van der Waals surface area contributed by atoms with E-state index >= 15 is 0 Å². The summed E-state index contributed by atoms with van der Waals surface area (Å²) < 4.78 is 5.87. The highest BCUT2D eigenvalue weighted by Gasteiger charge is 2.30. The molecule has 0 spiro atoms. The molecular weight excluding hydrogens is 290 g/mol. The second-order valence-corrected chi connectivity index (χ2v) is 5.95. The van der Waals surface area contributed by atoms with Crippen molar-refractivity contribution in [2.75, 3.05) is 13.1 Å². The Balaban J connectivity index is 1.79. The van der Waals surface area contributed by atoms with E-state index in [-0.39, 0.29) is 17.9 Å². The van der Waals surface area contributed by atoms with Crippen LogP contribution in [-0.4, -0.2) is 35.1 Å². The Hall–Kier alpha value is -2.33. The molecule has 1 fully saturated rings. The van der Waals surface area contributed by atoms with Crippen LogP contribution in [0, 0.1) is 5.92 Å². The first-order chi connectivity index (χ1) is 11.1. The molecule has 1 saturated heterocycles. The number of carbonyl (C=O) groups is 1. The predicted molar refractivity (Wildman–Crippen MR) is 88.6 cm³/mol. The van der Waals surface area contributed by atoms with Crippen molar-refractivity contribution >= 4 is 5.91 Å². The number of likely N-dealkylation sites (tertiary alicyclic amines) is 1. The lowest BCUT2D eigenvalue weighted by Gasteiger charge is -2.19. The average Bonchev–Trinajstić information content (AvgIpc) is 3.06. The number of hydrogen-bond acceptors (Lipinski definition) is 3. The number of hydrogen-bond donors (Lipinski definition) is 1. The molecule has 23 heavy (non-hydrogen) atoms. The third-order valence-electron chi connectivity index (χ3n) is 4.28. The number of ether oxygens (including phenoxy) is 1. The van der Waals surface area contributed by atoms with E-state index in [4.69, 9.17) is 4.74 Å². The largest absolute Gasteiger partial charge is 0.457 e. The fourth-order valence-electron chi connectivity index (χ4n) is 2.88. The molecule has 1 aliphatic rings. The number of benzene rings is 2. The molecule has 4 nitrogen and oxygen atoms in total. The summed E-state index contributed by atoms with van der Waals surface area (Å²) in [6.45, 7) is 3.05. The molecule has 2 atom stereocenters. The van der Waals surface area contributed by atoms with Crippen LogP contribution in [0.1, 0.15) is 23.7 Å². The van der Waals surface area contributed by atoms with E-state index in [2.05, 4.69) is 0 Å².